The molecular formula is C16H22F2N2O3S. The second-order valence-corrected chi connectivity index (χ2v) is 7.93. The number of carbonyl (C=O) groups excluding carboxylic acids is 1. The summed E-state index contributed by atoms with van der Waals surface area (Å²) in [6.07, 6.45) is 4.26. The maximum absolute atomic E-state index is 13.1. The van der Waals surface area contributed by atoms with Crippen LogP contribution in [0.5, 0.6) is 0 Å². The lowest BCUT2D eigenvalue weighted by Gasteiger charge is -2.29. The van der Waals surface area contributed by atoms with Crippen LogP contribution in [-0.2, 0) is 14.8 Å². The molecule has 0 radical (unpaired) electrons. The molecule has 0 bridgehead atoms. The highest BCUT2D eigenvalue weighted by Crippen LogP contribution is 2.23. The molecular weight excluding hydrogens is 338 g/mol. The van der Waals surface area contributed by atoms with Gasteiger partial charge in [-0.05, 0) is 37.0 Å². The van der Waals surface area contributed by atoms with E-state index >= 15 is 0 Å². The number of nitrogens with one attached hydrogen (secondary N) is 2. The molecule has 134 valence electrons. The molecule has 1 amide bonds. The van der Waals surface area contributed by atoms with E-state index < -0.39 is 21.7 Å². The predicted molar refractivity (Wildman–Crippen MR) is 85.7 cm³/mol. The Morgan fingerprint density at radius 1 is 1.21 bits per heavy atom. The predicted octanol–water partition coefficient (Wildman–Crippen LogP) is 2.33. The molecule has 1 fully saturated rings. The molecule has 0 aromatic heterocycles. The van der Waals surface area contributed by atoms with Crippen molar-refractivity contribution in [1.29, 1.82) is 0 Å². The summed E-state index contributed by atoms with van der Waals surface area (Å²) in [5.74, 6) is -2.15. The first-order chi connectivity index (χ1) is 11.3. The minimum atomic E-state index is -3.98. The van der Waals surface area contributed by atoms with Gasteiger partial charge < -0.3 is 5.32 Å². The van der Waals surface area contributed by atoms with E-state index in [0.717, 1.165) is 31.4 Å². The molecule has 2 atom stereocenters. The third-order valence-electron chi connectivity index (χ3n) is 4.30. The first-order valence-corrected chi connectivity index (χ1v) is 9.52. The summed E-state index contributed by atoms with van der Waals surface area (Å²) in [4.78, 5) is 11.5. The summed E-state index contributed by atoms with van der Waals surface area (Å²) in [5.41, 5.74) is 0. The minimum absolute atomic E-state index is 0.00781. The summed E-state index contributed by atoms with van der Waals surface area (Å²) in [7, 11) is -3.98. The van der Waals surface area contributed by atoms with Crippen molar-refractivity contribution in [2.75, 3.05) is 6.54 Å². The molecule has 0 heterocycles. The van der Waals surface area contributed by atoms with Crippen molar-refractivity contribution in [3.8, 4) is 0 Å². The first-order valence-electron chi connectivity index (χ1n) is 8.03. The maximum atomic E-state index is 13.1. The van der Waals surface area contributed by atoms with E-state index in [0.29, 0.717) is 12.0 Å². The number of rotatable bonds is 6. The van der Waals surface area contributed by atoms with Gasteiger partial charge in [0.1, 0.15) is 0 Å². The SMILES string of the molecule is C[C@@H]1CCCC[C@H]1NC(=O)CCNS(=O)(=O)c1ccc(F)c(F)c1. The molecule has 2 rings (SSSR count). The van der Waals surface area contributed by atoms with Crippen molar-refractivity contribution in [3.63, 3.8) is 0 Å². The Labute approximate surface area is 140 Å². The summed E-state index contributed by atoms with van der Waals surface area (Å²) < 4.78 is 52.2. The zero-order valence-electron chi connectivity index (χ0n) is 13.5. The zero-order chi connectivity index (χ0) is 17.7. The van der Waals surface area contributed by atoms with Gasteiger partial charge in [0.25, 0.3) is 0 Å². The molecule has 1 saturated carbocycles. The molecule has 24 heavy (non-hydrogen) atoms. The van der Waals surface area contributed by atoms with Crippen LogP contribution in [0.25, 0.3) is 0 Å². The van der Waals surface area contributed by atoms with Crippen LogP contribution in [0.3, 0.4) is 0 Å². The van der Waals surface area contributed by atoms with Crippen LogP contribution in [0.2, 0.25) is 0 Å². The third kappa shape index (κ3) is 4.98. The van der Waals surface area contributed by atoms with Crippen molar-refractivity contribution in [2.24, 2.45) is 5.92 Å². The van der Waals surface area contributed by atoms with Gasteiger partial charge in [0, 0.05) is 19.0 Å². The van der Waals surface area contributed by atoms with E-state index in [9.17, 15) is 22.0 Å². The summed E-state index contributed by atoms with van der Waals surface area (Å²) >= 11 is 0. The minimum Gasteiger partial charge on any atom is -0.353 e. The average Bonchev–Trinajstić information content (AvgIpc) is 2.52. The number of sulfonamides is 1. The molecule has 5 nitrogen and oxygen atoms in total. The molecule has 1 aromatic carbocycles. The normalized spacial score (nSPS) is 21.5. The summed E-state index contributed by atoms with van der Waals surface area (Å²) in [6, 6.07) is 2.47. The number of hydrogen-bond donors (Lipinski definition) is 2. The Kier molecular flexibility index (Phi) is 6.28. The fourth-order valence-corrected chi connectivity index (χ4v) is 3.88. The van der Waals surface area contributed by atoms with E-state index in [1.807, 2.05) is 0 Å². The fourth-order valence-electron chi connectivity index (χ4n) is 2.84. The summed E-state index contributed by atoms with van der Waals surface area (Å²) in [6.45, 7) is 1.99. The zero-order valence-corrected chi connectivity index (χ0v) is 14.3. The fraction of sp³-hybridized carbons (Fsp3) is 0.562. The Balaban J connectivity index is 1.83. The second-order valence-electron chi connectivity index (χ2n) is 6.16. The highest BCUT2D eigenvalue weighted by atomic mass is 32.2. The molecule has 1 aliphatic rings. The molecule has 1 aromatic rings. The van der Waals surface area contributed by atoms with Crippen LogP contribution in [0.15, 0.2) is 23.1 Å². The monoisotopic (exact) mass is 360 g/mol. The highest BCUT2D eigenvalue weighted by Gasteiger charge is 2.23. The van der Waals surface area contributed by atoms with Crippen LogP contribution in [0.1, 0.15) is 39.0 Å². The standard InChI is InChI=1S/C16H22F2N2O3S/c1-11-4-2-3-5-15(11)20-16(21)8-9-19-24(22,23)12-6-7-13(17)14(18)10-12/h6-7,10-11,15,19H,2-5,8-9H2,1H3,(H,20,21)/t11-,15-/m1/s1. The smallest absolute Gasteiger partial charge is 0.240 e. The van der Waals surface area contributed by atoms with Crippen molar-refractivity contribution in [3.05, 3.63) is 29.8 Å². The topological polar surface area (TPSA) is 75.3 Å². The lowest BCUT2D eigenvalue weighted by molar-refractivity contribution is -0.122. The largest absolute Gasteiger partial charge is 0.353 e. The molecule has 0 aliphatic heterocycles. The van der Waals surface area contributed by atoms with Gasteiger partial charge in [-0.15, -0.1) is 0 Å². The van der Waals surface area contributed by atoms with E-state index in [2.05, 4.69) is 17.0 Å². The average molecular weight is 360 g/mol. The van der Waals surface area contributed by atoms with Gasteiger partial charge in [-0.3, -0.25) is 4.79 Å². The van der Waals surface area contributed by atoms with E-state index in [4.69, 9.17) is 0 Å². The molecule has 0 spiro atoms. The van der Waals surface area contributed by atoms with E-state index in [1.165, 1.54) is 6.42 Å². The third-order valence-corrected chi connectivity index (χ3v) is 5.76. The molecule has 2 N–H and O–H groups in total. The Morgan fingerprint density at radius 2 is 1.92 bits per heavy atom. The van der Waals surface area contributed by atoms with E-state index in [-0.39, 0.29) is 29.8 Å². The Hall–Kier alpha value is -1.54. The quantitative estimate of drug-likeness (QED) is 0.818. The highest BCUT2D eigenvalue weighted by molar-refractivity contribution is 7.89. The van der Waals surface area contributed by atoms with Crippen molar-refractivity contribution >= 4 is 15.9 Å². The number of benzene rings is 1. The van der Waals surface area contributed by atoms with Gasteiger partial charge >= 0.3 is 0 Å². The lowest BCUT2D eigenvalue weighted by Crippen LogP contribution is -2.42. The Bertz CT molecular complexity index is 695. The van der Waals surface area contributed by atoms with Gasteiger partial charge in [-0.25, -0.2) is 21.9 Å². The van der Waals surface area contributed by atoms with Gasteiger partial charge in [0.2, 0.25) is 15.9 Å². The molecule has 0 saturated heterocycles. The van der Waals surface area contributed by atoms with Crippen molar-refractivity contribution in [1.82, 2.24) is 10.0 Å². The van der Waals surface area contributed by atoms with Gasteiger partial charge in [-0.1, -0.05) is 19.8 Å². The van der Waals surface area contributed by atoms with Gasteiger partial charge in [-0.2, -0.15) is 0 Å². The second kappa shape index (κ2) is 8.02. The molecule has 1 aliphatic carbocycles. The van der Waals surface area contributed by atoms with E-state index in [1.54, 1.807) is 0 Å². The number of carbonyl (C=O) groups is 1. The Morgan fingerprint density at radius 3 is 2.58 bits per heavy atom. The van der Waals surface area contributed by atoms with Crippen molar-refractivity contribution < 1.29 is 22.0 Å². The van der Waals surface area contributed by atoms with Gasteiger partial charge in [0.15, 0.2) is 11.6 Å². The van der Waals surface area contributed by atoms with Crippen LogP contribution in [-0.4, -0.2) is 26.9 Å². The number of amides is 1. The molecule has 0 unspecified atom stereocenters. The van der Waals surface area contributed by atoms with Crippen LogP contribution >= 0.6 is 0 Å². The number of halogens is 2. The maximum Gasteiger partial charge on any atom is 0.240 e. The van der Waals surface area contributed by atoms with Gasteiger partial charge in [0.05, 0.1) is 4.90 Å². The van der Waals surface area contributed by atoms with Crippen LogP contribution in [0, 0.1) is 17.6 Å². The van der Waals surface area contributed by atoms with Crippen molar-refractivity contribution in [2.45, 2.75) is 50.0 Å². The summed E-state index contributed by atoms with van der Waals surface area (Å²) in [5, 5.41) is 2.93. The first kappa shape index (κ1) is 18.8. The number of hydrogen-bond acceptors (Lipinski definition) is 3. The van der Waals surface area contributed by atoms with Crippen LogP contribution < -0.4 is 10.0 Å². The molecule has 8 heteroatoms. The van der Waals surface area contributed by atoms with Crippen LogP contribution in [0.4, 0.5) is 8.78 Å². The lowest BCUT2D eigenvalue weighted by atomic mass is 9.86.